The molecule has 0 bridgehead atoms. The molecule has 0 spiro atoms. The fraction of sp³-hybridized carbons (Fsp3) is 0.350. The van der Waals surface area contributed by atoms with E-state index in [1.807, 2.05) is 29.2 Å². The van der Waals surface area contributed by atoms with E-state index in [1.165, 1.54) is 0 Å². The molecule has 25 heavy (non-hydrogen) atoms. The van der Waals surface area contributed by atoms with Crippen LogP contribution in [0.5, 0.6) is 0 Å². The molecule has 1 atom stereocenters. The summed E-state index contributed by atoms with van der Waals surface area (Å²) in [5, 5.41) is 8.94. The number of amides is 1. The average Bonchev–Trinajstić information content (AvgIpc) is 3.09. The number of nitrogens with zero attached hydrogens (tertiary/aromatic N) is 2. The number of hydrogen-bond donors (Lipinski definition) is 1. The second-order valence-corrected chi connectivity index (χ2v) is 6.56. The number of benzene rings is 1. The minimum absolute atomic E-state index is 0.201. The molecule has 5 heteroatoms. The minimum Gasteiger partial charge on any atom is -0.478 e. The molecule has 2 heterocycles. The van der Waals surface area contributed by atoms with Crippen molar-refractivity contribution < 1.29 is 14.7 Å². The van der Waals surface area contributed by atoms with E-state index in [2.05, 4.69) is 4.98 Å². The zero-order chi connectivity index (χ0) is 17.6. The molecule has 1 aromatic carbocycles. The smallest absolute Gasteiger partial charge is 0.335 e. The summed E-state index contributed by atoms with van der Waals surface area (Å²) in [5.41, 5.74) is 2.52. The summed E-state index contributed by atoms with van der Waals surface area (Å²) >= 11 is 0. The lowest BCUT2D eigenvalue weighted by Gasteiger charge is -2.16. The number of rotatable bonds is 6. The number of aromatic nitrogens is 1. The first kappa shape index (κ1) is 17.1. The summed E-state index contributed by atoms with van der Waals surface area (Å²) in [7, 11) is 0. The van der Waals surface area contributed by atoms with Gasteiger partial charge in [0.25, 0.3) is 0 Å². The van der Waals surface area contributed by atoms with Gasteiger partial charge in [0.15, 0.2) is 0 Å². The largest absolute Gasteiger partial charge is 0.478 e. The lowest BCUT2D eigenvalue weighted by Crippen LogP contribution is -2.29. The molecule has 1 amide bonds. The quantitative estimate of drug-likeness (QED) is 0.879. The highest BCUT2D eigenvalue weighted by Crippen LogP contribution is 2.22. The summed E-state index contributed by atoms with van der Waals surface area (Å²) < 4.78 is 0. The number of likely N-dealkylation sites (tertiary alicyclic amines) is 1. The molecule has 1 fully saturated rings. The SMILES string of the molecule is O=C(O)c1ccc(C[C@H]2CCN(C(=O)CCc3cccnc3)C2)cc1. The Morgan fingerprint density at radius 2 is 1.96 bits per heavy atom. The third-order valence-electron chi connectivity index (χ3n) is 4.71. The van der Waals surface area contributed by atoms with E-state index < -0.39 is 5.97 Å². The zero-order valence-corrected chi connectivity index (χ0v) is 14.1. The number of carboxylic acid groups (broad SMARTS) is 1. The van der Waals surface area contributed by atoms with Crippen LogP contribution in [0.2, 0.25) is 0 Å². The Bertz CT molecular complexity index is 728. The number of hydrogen-bond acceptors (Lipinski definition) is 3. The maximum atomic E-state index is 12.4. The van der Waals surface area contributed by atoms with Gasteiger partial charge in [0.2, 0.25) is 5.91 Å². The number of pyridine rings is 1. The van der Waals surface area contributed by atoms with Crippen molar-refractivity contribution in [1.29, 1.82) is 0 Å². The van der Waals surface area contributed by atoms with Crippen molar-refractivity contribution in [2.24, 2.45) is 5.92 Å². The number of aryl methyl sites for hydroxylation is 1. The molecular formula is C20H22N2O3. The van der Waals surface area contributed by atoms with Crippen molar-refractivity contribution in [3.05, 3.63) is 65.5 Å². The van der Waals surface area contributed by atoms with Crippen LogP contribution in [-0.4, -0.2) is 40.0 Å². The maximum Gasteiger partial charge on any atom is 0.335 e. The van der Waals surface area contributed by atoms with Crippen LogP contribution in [0.4, 0.5) is 0 Å². The monoisotopic (exact) mass is 338 g/mol. The van der Waals surface area contributed by atoms with E-state index in [0.717, 1.165) is 43.5 Å². The molecule has 0 unspecified atom stereocenters. The molecule has 2 aromatic rings. The van der Waals surface area contributed by atoms with Crippen LogP contribution in [-0.2, 0) is 17.6 Å². The van der Waals surface area contributed by atoms with Gasteiger partial charge in [-0.05, 0) is 54.5 Å². The Kier molecular flexibility index (Phi) is 5.43. The fourth-order valence-electron chi connectivity index (χ4n) is 3.30. The van der Waals surface area contributed by atoms with Crippen LogP contribution in [0.1, 0.15) is 34.3 Å². The van der Waals surface area contributed by atoms with E-state index >= 15 is 0 Å². The summed E-state index contributed by atoms with van der Waals surface area (Å²) in [6.45, 7) is 1.59. The first-order chi connectivity index (χ1) is 12.1. The third kappa shape index (κ3) is 4.66. The van der Waals surface area contributed by atoms with Gasteiger partial charge in [0, 0.05) is 31.9 Å². The van der Waals surface area contributed by atoms with Gasteiger partial charge in [0.05, 0.1) is 5.56 Å². The van der Waals surface area contributed by atoms with Gasteiger partial charge >= 0.3 is 5.97 Å². The second-order valence-electron chi connectivity index (χ2n) is 6.56. The Morgan fingerprint density at radius 1 is 1.16 bits per heavy atom. The average molecular weight is 338 g/mol. The second kappa shape index (κ2) is 7.92. The Morgan fingerprint density at radius 3 is 2.64 bits per heavy atom. The summed E-state index contributed by atoms with van der Waals surface area (Å²) in [4.78, 5) is 29.3. The molecule has 0 aliphatic carbocycles. The zero-order valence-electron chi connectivity index (χ0n) is 14.1. The molecular weight excluding hydrogens is 316 g/mol. The standard InChI is InChI=1S/C20H22N2O3/c23-19(8-5-16-2-1-10-21-13-16)22-11-9-17(14-22)12-15-3-6-18(7-4-15)20(24)25/h1-4,6-7,10,13,17H,5,8-9,11-12,14H2,(H,24,25)/t17-/m1/s1. The van der Waals surface area contributed by atoms with Gasteiger partial charge in [-0.15, -0.1) is 0 Å². The number of carboxylic acids is 1. The van der Waals surface area contributed by atoms with Gasteiger partial charge in [-0.2, -0.15) is 0 Å². The molecule has 1 aliphatic rings. The van der Waals surface area contributed by atoms with Crippen molar-refractivity contribution in [1.82, 2.24) is 9.88 Å². The highest BCUT2D eigenvalue weighted by Gasteiger charge is 2.26. The van der Waals surface area contributed by atoms with Crippen LogP contribution in [0.3, 0.4) is 0 Å². The maximum absolute atomic E-state index is 12.4. The molecule has 3 rings (SSSR count). The van der Waals surface area contributed by atoms with Crippen LogP contribution >= 0.6 is 0 Å². The number of aromatic carboxylic acids is 1. The van der Waals surface area contributed by atoms with E-state index in [1.54, 1.807) is 24.5 Å². The molecule has 0 radical (unpaired) electrons. The normalized spacial score (nSPS) is 16.8. The Balaban J connectivity index is 1.47. The van der Waals surface area contributed by atoms with Crippen LogP contribution in [0.15, 0.2) is 48.8 Å². The van der Waals surface area contributed by atoms with Gasteiger partial charge in [0.1, 0.15) is 0 Å². The predicted molar refractivity (Wildman–Crippen MR) is 94.4 cm³/mol. The third-order valence-corrected chi connectivity index (χ3v) is 4.71. The van der Waals surface area contributed by atoms with E-state index in [-0.39, 0.29) is 5.91 Å². The fourth-order valence-corrected chi connectivity index (χ4v) is 3.30. The van der Waals surface area contributed by atoms with Crippen molar-refractivity contribution in [3.63, 3.8) is 0 Å². The molecule has 1 aliphatic heterocycles. The molecule has 1 N–H and O–H groups in total. The topological polar surface area (TPSA) is 70.5 Å². The van der Waals surface area contributed by atoms with Gasteiger partial charge in [-0.25, -0.2) is 4.79 Å². The lowest BCUT2D eigenvalue weighted by atomic mass is 9.98. The number of carbonyl (C=O) groups is 2. The summed E-state index contributed by atoms with van der Waals surface area (Å²) in [6.07, 6.45) is 6.67. The van der Waals surface area contributed by atoms with Crippen molar-refractivity contribution in [3.8, 4) is 0 Å². The minimum atomic E-state index is -0.905. The highest BCUT2D eigenvalue weighted by atomic mass is 16.4. The molecule has 5 nitrogen and oxygen atoms in total. The van der Waals surface area contributed by atoms with Gasteiger partial charge in [-0.3, -0.25) is 9.78 Å². The van der Waals surface area contributed by atoms with E-state index in [0.29, 0.717) is 17.9 Å². The van der Waals surface area contributed by atoms with E-state index in [4.69, 9.17) is 5.11 Å². The Hall–Kier alpha value is -2.69. The predicted octanol–water partition coefficient (Wildman–Crippen LogP) is 2.80. The van der Waals surface area contributed by atoms with Crippen LogP contribution in [0, 0.1) is 5.92 Å². The lowest BCUT2D eigenvalue weighted by molar-refractivity contribution is -0.130. The first-order valence-corrected chi connectivity index (χ1v) is 8.61. The van der Waals surface area contributed by atoms with Gasteiger partial charge < -0.3 is 10.0 Å². The van der Waals surface area contributed by atoms with E-state index in [9.17, 15) is 9.59 Å². The van der Waals surface area contributed by atoms with Gasteiger partial charge in [-0.1, -0.05) is 18.2 Å². The highest BCUT2D eigenvalue weighted by molar-refractivity contribution is 5.87. The molecule has 1 saturated heterocycles. The van der Waals surface area contributed by atoms with Crippen LogP contribution in [0.25, 0.3) is 0 Å². The molecule has 1 aromatic heterocycles. The van der Waals surface area contributed by atoms with Crippen LogP contribution < -0.4 is 0 Å². The molecule has 130 valence electrons. The number of carbonyl (C=O) groups excluding carboxylic acids is 1. The Labute approximate surface area is 147 Å². The first-order valence-electron chi connectivity index (χ1n) is 8.61. The molecule has 0 saturated carbocycles. The summed E-state index contributed by atoms with van der Waals surface area (Å²) in [6, 6.07) is 10.9. The van der Waals surface area contributed by atoms with Crippen molar-refractivity contribution >= 4 is 11.9 Å². The summed E-state index contributed by atoms with van der Waals surface area (Å²) in [5.74, 6) is -0.261. The van der Waals surface area contributed by atoms with Crippen molar-refractivity contribution in [2.45, 2.75) is 25.7 Å². The van der Waals surface area contributed by atoms with Crippen molar-refractivity contribution in [2.75, 3.05) is 13.1 Å².